The number of halogens is 6. The predicted octanol–water partition coefficient (Wildman–Crippen LogP) is 4.66. The van der Waals surface area contributed by atoms with Crippen molar-refractivity contribution in [3.05, 3.63) is 0 Å². The van der Waals surface area contributed by atoms with Crippen LogP contribution in [0.1, 0.15) is 12.8 Å². The van der Waals surface area contributed by atoms with E-state index in [-0.39, 0.29) is 26.1 Å². The molecule has 0 heterocycles. The van der Waals surface area contributed by atoms with Gasteiger partial charge >= 0.3 is 6.16 Å². The fraction of sp³-hybridized carbons (Fsp3) is 0.857. The molecule has 0 rings (SSSR count). The van der Waals surface area contributed by atoms with Gasteiger partial charge in [0.25, 0.3) is 0 Å². The highest BCUT2D eigenvalue weighted by Crippen LogP contribution is 2.30. The Labute approximate surface area is 123 Å². The number of carbonyl (C=O) groups excluding carboxylic acids is 1. The third-order valence-corrected chi connectivity index (χ3v) is 2.34. The maximum Gasteiger partial charge on any atom is 0.508 e. The predicted molar refractivity (Wildman–Crippen MR) is 67.1 cm³/mol. The Balaban J connectivity index is 3.53. The fourth-order valence-electron chi connectivity index (χ4n) is 0.542. The maximum absolute atomic E-state index is 10.9. The van der Waals surface area contributed by atoms with Crippen molar-refractivity contribution in [1.29, 1.82) is 0 Å². The second kappa shape index (κ2) is 7.45. The van der Waals surface area contributed by atoms with Crippen molar-refractivity contribution in [2.45, 2.75) is 20.4 Å². The van der Waals surface area contributed by atoms with E-state index in [2.05, 4.69) is 9.47 Å². The summed E-state index contributed by atoms with van der Waals surface area (Å²) in [6.45, 7) is -0.133. The van der Waals surface area contributed by atoms with Crippen LogP contribution in [0.25, 0.3) is 0 Å². The van der Waals surface area contributed by atoms with E-state index >= 15 is 0 Å². The van der Waals surface area contributed by atoms with Gasteiger partial charge in [0.2, 0.25) is 0 Å². The summed E-state index contributed by atoms with van der Waals surface area (Å²) in [7, 11) is 0. The summed E-state index contributed by atoms with van der Waals surface area (Å²) in [5.74, 6) is 0. The standard InChI is InChI=1S/C7H8Cl6O3/c8-6(9,10)1-3-15-5(14)16-4-2-7(11,12)13/h1-4H2. The van der Waals surface area contributed by atoms with Gasteiger partial charge in [-0.15, -0.1) is 0 Å². The summed E-state index contributed by atoms with van der Waals surface area (Å²) in [4.78, 5) is 10.9. The lowest BCUT2D eigenvalue weighted by Gasteiger charge is -2.12. The van der Waals surface area contributed by atoms with Crippen molar-refractivity contribution >= 4 is 75.8 Å². The zero-order chi connectivity index (χ0) is 12.8. The molecule has 0 N–H and O–H groups in total. The average Bonchev–Trinajstić information content (AvgIpc) is 1.98. The molecule has 0 aliphatic carbocycles. The van der Waals surface area contributed by atoms with Crippen LogP contribution in [0.5, 0.6) is 0 Å². The van der Waals surface area contributed by atoms with E-state index < -0.39 is 13.7 Å². The molecule has 0 saturated carbocycles. The van der Waals surface area contributed by atoms with Gasteiger partial charge in [-0.2, -0.15) is 0 Å². The van der Waals surface area contributed by atoms with Gasteiger partial charge in [-0.25, -0.2) is 4.79 Å². The molecule has 0 spiro atoms. The molecule has 0 amide bonds. The van der Waals surface area contributed by atoms with Crippen molar-refractivity contribution < 1.29 is 14.3 Å². The molecular formula is C7H8Cl6O3. The number of carbonyl (C=O) groups is 1. The lowest BCUT2D eigenvalue weighted by molar-refractivity contribution is 0.0543. The van der Waals surface area contributed by atoms with Crippen molar-refractivity contribution in [2.75, 3.05) is 13.2 Å². The first-order chi connectivity index (χ1) is 7.10. The Kier molecular flexibility index (Phi) is 7.92. The molecule has 16 heavy (non-hydrogen) atoms. The van der Waals surface area contributed by atoms with Gasteiger partial charge in [0.1, 0.15) is 0 Å². The molecule has 96 valence electrons. The van der Waals surface area contributed by atoms with E-state index in [0.717, 1.165) is 0 Å². The third-order valence-electron chi connectivity index (χ3n) is 1.21. The second-order valence-corrected chi connectivity index (χ2v) is 7.71. The molecule has 0 radical (unpaired) electrons. The quantitative estimate of drug-likeness (QED) is 0.545. The Bertz CT molecular complexity index is 199. The molecule has 0 aliphatic heterocycles. The van der Waals surface area contributed by atoms with Crippen molar-refractivity contribution in [3.63, 3.8) is 0 Å². The van der Waals surface area contributed by atoms with Crippen LogP contribution in [-0.2, 0) is 9.47 Å². The highest BCUT2D eigenvalue weighted by Gasteiger charge is 2.22. The van der Waals surface area contributed by atoms with Gasteiger partial charge in [-0.05, 0) is 0 Å². The first kappa shape index (κ1) is 17.0. The zero-order valence-electron chi connectivity index (χ0n) is 7.82. The number of ether oxygens (including phenoxy) is 2. The van der Waals surface area contributed by atoms with Gasteiger partial charge in [-0.3, -0.25) is 0 Å². The number of hydrogen-bond acceptors (Lipinski definition) is 3. The average molecular weight is 353 g/mol. The van der Waals surface area contributed by atoms with Gasteiger partial charge < -0.3 is 9.47 Å². The number of alkyl halides is 6. The molecule has 0 aliphatic rings. The second-order valence-electron chi connectivity index (χ2n) is 2.68. The molecule has 0 fully saturated rings. The highest BCUT2D eigenvalue weighted by molar-refractivity contribution is 6.67. The van der Waals surface area contributed by atoms with Crippen LogP contribution in [0.2, 0.25) is 0 Å². The normalized spacial score (nSPS) is 12.4. The van der Waals surface area contributed by atoms with Crippen LogP contribution in [0.3, 0.4) is 0 Å². The van der Waals surface area contributed by atoms with Crippen LogP contribution < -0.4 is 0 Å². The topological polar surface area (TPSA) is 35.5 Å². The molecule has 0 atom stereocenters. The molecule has 9 heteroatoms. The molecule has 0 aromatic rings. The zero-order valence-corrected chi connectivity index (χ0v) is 12.4. The van der Waals surface area contributed by atoms with Crippen LogP contribution in [0.15, 0.2) is 0 Å². The summed E-state index contributed by atoms with van der Waals surface area (Å²) in [5, 5.41) is 0. The first-order valence-corrected chi connectivity index (χ1v) is 6.30. The van der Waals surface area contributed by atoms with Crippen molar-refractivity contribution in [1.82, 2.24) is 0 Å². The summed E-state index contributed by atoms with van der Waals surface area (Å²) in [6.07, 6.45) is -0.766. The van der Waals surface area contributed by atoms with Crippen LogP contribution in [-0.4, -0.2) is 27.0 Å². The van der Waals surface area contributed by atoms with Crippen LogP contribution in [0, 0.1) is 0 Å². The molecule has 0 bridgehead atoms. The monoisotopic (exact) mass is 350 g/mol. The van der Waals surface area contributed by atoms with E-state index in [1.54, 1.807) is 0 Å². The molecule has 0 aromatic heterocycles. The summed E-state index contributed by atoms with van der Waals surface area (Å²) in [5.41, 5.74) is 0. The minimum absolute atomic E-state index is 0.0664. The molecule has 3 nitrogen and oxygen atoms in total. The van der Waals surface area contributed by atoms with E-state index in [4.69, 9.17) is 69.6 Å². The van der Waals surface area contributed by atoms with Gasteiger partial charge in [0.05, 0.1) is 13.2 Å². The first-order valence-electron chi connectivity index (χ1n) is 4.03. The Morgan fingerprint density at radius 3 is 1.38 bits per heavy atom. The maximum atomic E-state index is 10.9. The summed E-state index contributed by atoms with van der Waals surface area (Å²) in [6, 6.07) is 0. The van der Waals surface area contributed by atoms with E-state index in [0.29, 0.717) is 0 Å². The van der Waals surface area contributed by atoms with E-state index in [1.807, 2.05) is 0 Å². The fourth-order valence-corrected chi connectivity index (χ4v) is 1.00. The molecule has 0 aromatic carbocycles. The lowest BCUT2D eigenvalue weighted by Crippen LogP contribution is -2.15. The minimum Gasteiger partial charge on any atom is -0.434 e. The molecule has 0 saturated heterocycles. The Morgan fingerprint density at radius 2 is 1.12 bits per heavy atom. The van der Waals surface area contributed by atoms with E-state index in [1.165, 1.54) is 0 Å². The minimum atomic E-state index is -1.46. The summed E-state index contributed by atoms with van der Waals surface area (Å²) < 4.78 is 6.26. The van der Waals surface area contributed by atoms with Crippen LogP contribution in [0.4, 0.5) is 4.79 Å². The van der Waals surface area contributed by atoms with Gasteiger partial charge in [0.15, 0.2) is 7.59 Å². The Morgan fingerprint density at radius 1 is 0.812 bits per heavy atom. The molecular weight excluding hydrogens is 345 g/mol. The van der Waals surface area contributed by atoms with Crippen molar-refractivity contribution in [2.24, 2.45) is 0 Å². The van der Waals surface area contributed by atoms with E-state index in [9.17, 15) is 4.79 Å². The molecule has 0 unspecified atom stereocenters. The smallest absolute Gasteiger partial charge is 0.434 e. The third kappa shape index (κ3) is 13.1. The lowest BCUT2D eigenvalue weighted by atomic mass is 10.5. The SMILES string of the molecule is O=C(OCCC(Cl)(Cl)Cl)OCCC(Cl)(Cl)Cl. The van der Waals surface area contributed by atoms with Gasteiger partial charge in [0, 0.05) is 12.8 Å². The highest BCUT2D eigenvalue weighted by atomic mass is 35.6. The van der Waals surface area contributed by atoms with Gasteiger partial charge in [-0.1, -0.05) is 69.6 Å². The Hall–Kier alpha value is 1.01. The number of rotatable bonds is 4. The van der Waals surface area contributed by atoms with Crippen molar-refractivity contribution in [3.8, 4) is 0 Å². The summed E-state index contributed by atoms with van der Waals surface area (Å²) >= 11 is 32.6. The largest absolute Gasteiger partial charge is 0.508 e. The number of hydrogen-bond donors (Lipinski definition) is 0. The van der Waals surface area contributed by atoms with Crippen LogP contribution >= 0.6 is 69.6 Å².